The molecule has 0 aliphatic carbocycles. The van der Waals surface area contributed by atoms with Gasteiger partial charge in [0.25, 0.3) is 5.91 Å². The van der Waals surface area contributed by atoms with Crippen molar-refractivity contribution in [3.05, 3.63) is 71.4 Å². The molecular weight excluding hydrogens is 340 g/mol. The van der Waals surface area contributed by atoms with E-state index in [1.165, 1.54) is 0 Å². The Morgan fingerprint density at radius 3 is 2.84 bits per heavy atom. The fourth-order valence-corrected chi connectivity index (χ4v) is 2.69. The predicted octanol–water partition coefficient (Wildman–Crippen LogP) is 3.15. The molecule has 1 aromatic carbocycles. The maximum absolute atomic E-state index is 12.4. The van der Waals surface area contributed by atoms with Crippen LogP contribution in [0.4, 0.5) is 0 Å². The largest absolute Gasteiger partial charge is 0.468 e. The van der Waals surface area contributed by atoms with Gasteiger partial charge >= 0.3 is 0 Å². The number of hydrogen-bond acceptors (Lipinski definition) is 4. The highest BCUT2D eigenvalue weighted by atomic mass is 35.5. The number of benzene rings is 1. The van der Waals surface area contributed by atoms with Crippen LogP contribution in [0.15, 0.2) is 59.3 Å². The van der Waals surface area contributed by atoms with Gasteiger partial charge in [-0.25, -0.2) is 4.68 Å². The molecule has 2 aromatic heterocycles. The van der Waals surface area contributed by atoms with Gasteiger partial charge in [-0.15, -0.1) is 0 Å². The van der Waals surface area contributed by atoms with Crippen LogP contribution >= 0.6 is 11.6 Å². The minimum atomic E-state index is -0.237. The summed E-state index contributed by atoms with van der Waals surface area (Å²) < 4.78 is 7.06. The van der Waals surface area contributed by atoms with Crippen LogP contribution in [-0.2, 0) is 0 Å². The third kappa shape index (κ3) is 4.10. The second kappa shape index (κ2) is 7.55. The summed E-state index contributed by atoms with van der Waals surface area (Å²) in [6.07, 6.45) is 3.36. The lowest BCUT2D eigenvalue weighted by molar-refractivity contribution is 0.0933. The van der Waals surface area contributed by atoms with E-state index < -0.39 is 0 Å². The molecule has 0 aliphatic rings. The summed E-state index contributed by atoms with van der Waals surface area (Å²) in [5.74, 6) is 0.564. The first-order valence-electron chi connectivity index (χ1n) is 7.84. The van der Waals surface area contributed by atoms with Gasteiger partial charge in [0.15, 0.2) is 5.69 Å². The van der Waals surface area contributed by atoms with Gasteiger partial charge in [0.1, 0.15) is 5.76 Å². The zero-order chi connectivity index (χ0) is 17.8. The number of hydrogen-bond donors (Lipinski definition) is 1. The van der Waals surface area contributed by atoms with Crippen molar-refractivity contribution >= 4 is 17.5 Å². The van der Waals surface area contributed by atoms with Gasteiger partial charge in [0, 0.05) is 17.8 Å². The Kier molecular flexibility index (Phi) is 5.21. The van der Waals surface area contributed by atoms with Gasteiger partial charge in [0.05, 0.1) is 18.0 Å². The lowest BCUT2D eigenvalue weighted by Gasteiger charge is -2.22. The third-order valence-electron chi connectivity index (χ3n) is 3.85. The van der Waals surface area contributed by atoms with Crippen LogP contribution in [0.5, 0.6) is 0 Å². The second-order valence-electron chi connectivity index (χ2n) is 5.83. The molecule has 1 amide bonds. The molecule has 1 atom stereocenters. The molecule has 0 radical (unpaired) electrons. The van der Waals surface area contributed by atoms with Crippen LogP contribution in [0.1, 0.15) is 22.3 Å². The summed E-state index contributed by atoms with van der Waals surface area (Å²) in [5.41, 5.74) is 1.14. The molecule has 7 heteroatoms. The Morgan fingerprint density at radius 2 is 2.16 bits per heavy atom. The summed E-state index contributed by atoms with van der Waals surface area (Å²) in [5, 5.41) is 7.84. The average Bonchev–Trinajstić information content (AvgIpc) is 3.26. The molecule has 0 bridgehead atoms. The van der Waals surface area contributed by atoms with Gasteiger partial charge in [0.2, 0.25) is 0 Å². The summed E-state index contributed by atoms with van der Waals surface area (Å²) in [6, 6.07) is 12.6. The standard InChI is InChI=1S/C18H19ClN4O2/c1-22(2)16(17-7-4-10-25-17)12-20-18(24)15-8-9-23(21-15)14-6-3-5-13(19)11-14/h3-11,16H,12H2,1-2H3,(H,20,24). The SMILES string of the molecule is CN(C)C(CNC(=O)c1ccn(-c2cccc(Cl)c2)n1)c1ccco1. The number of likely N-dealkylation sites (N-methyl/N-ethyl adjacent to an activating group) is 1. The van der Waals surface area contributed by atoms with Crippen molar-refractivity contribution in [2.75, 3.05) is 20.6 Å². The molecule has 2 heterocycles. The minimum absolute atomic E-state index is 0.0473. The quantitative estimate of drug-likeness (QED) is 0.735. The molecule has 0 fully saturated rings. The van der Waals surface area contributed by atoms with Crippen molar-refractivity contribution in [2.24, 2.45) is 0 Å². The molecule has 0 spiro atoms. The summed E-state index contributed by atoms with van der Waals surface area (Å²) in [6.45, 7) is 0.420. The molecule has 1 unspecified atom stereocenters. The van der Waals surface area contributed by atoms with E-state index in [2.05, 4.69) is 10.4 Å². The summed E-state index contributed by atoms with van der Waals surface area (Å²) in [4.78, 5) is 14.4. The lowest BCUT2D eigenvalue weighted by Crippen LogP contribution is -2.34. The first-order valence-corrected chi connectivity index (χ1v) is 8.22. The van der Waals surface area contributed by atoms with Gasteiger partial charge in [-0.05, 0) is 50.5 Å². The maximum atomic E-state index is 12.4. The molecule has 6 nitrogen and oxygen atoms in total. The molecule has 1 N–H and O–H groups in total. The number of nitrogens with one attached hydrogen (secondary N) is 1. The van der Waals surface area contributed by atoms with Crippen LogP contribution in [0.2, 0.25) is 5.02 Å². The normalized spacial score (nSPS) is 12.3. The third-order valence-corrected chi connectivity index (χ3v) is 4.08. The van der Waals surface area contributed by atoms with Crippen LogP contribution in [0, 0.1) is 0 Å². The van der Waals surface area contributed by atoms with Gasteiger partial charge < -0.3 is 9.73 Å². The Labute approximate surface area is 151 Å². The van der Waals surface area contributed by atoms with E-state index in [4.69, 9.17) is 16.0 Å². The Balaban J connectivity index is 1.68. The summed E-state index contributed by atoms with van der Waals surface area (Å²) >= 11 is 5.99. The van der Waals surface area contributed by atoms with E-state index in [0.717, 1.165) is 11.4 Å². The maximum Gasteiger partial charge on any atom is 0.271 e. The number of amides is 1. The van der Waals surface area contributed by atoms with Crippen molar-refractivity contribution in [1.82, 2.24) is 20.0 Å². The molecule has 0 saturated heterocycles. The van der Waals surface area contributed by atoms with Gasteiger partial charge in [-0.1, -0.05) is 17.7 Å². The zero-order valence-corrected chi connectivity index (χ0v) is 14.8. The molecule has 25 heavy (non-hydrogen) atoms. The van der Waals surface area contributed by atoms with Crippen LogP contribution in [0.3, 0.4) is 0 Å². The number of halogens is 1. The van der Waals surface area contributed by atoms with Crippen molar-refractivity contribution in [2.45, 2.75) is 6.04 Å². The highest BCUT2D eigenvalue weighted by Crippen LogP contribution is 2.18. The van der Waals surface area contributed by atoms with Crippen LogP contribution in [0.25, 0.3) is 5.69 Å². The van der Waals surface area contributed by atoms with Crippen LogP contribution < -0.4 is 5.32 Å². The number of aromatic nitrogens is 2. The Bertz CT molecular complexity index is 842. The Morgan fingerprint density at radius 1 is 1.32 bits per heavy atom. The molecular formula is C18H19ClN4O2. The van der Waals surface area contributed by atoms with Crippen molar-refractivity contribution in [3.63, 3.8) is 0 Å². The predicted molar refractivity (Wildman–Crippen MR) is 96.0 cm³/mol. The highest BCUT2D eigenvalue weighted by molar-refractivity contribution is 6.30. The lowest BCUT2D eigenvalue weighted by atomic mass is 10.2. The van der Waals surface area contributed by atoms with E-state index in [-0.39, 0.29) is 11.9 Å². The molecule has 130 valence electrons. The number of rotatable bonds is 6. The van der Waals surface area contributed by atoms with Crippen molar-refractivity contribution in [3.8, 4) is 5.69 Å². The van der Waals surface area contributed by atoms with E-state index in [1.807, 2.05) is 43.3 Å². The van der Waals surface area contributed by atoms with Crippen molar-refractivity contribution < 1.29 is 9.21 Å². The molecule has 3 aromatic rings. The number of carbonyl (C=O) groups excluding carboxylic acids is 1. The van der Waals surface area contributed by atoms with Crippen LogP contribution in [-0.4, -0.2) is 41.2 Å². The highest BCUT2D eigenvalue weighted by Gasteiger charge is 2.19. The number of furan rings is 1. The van der Waals surface area contributed by atoms with E-state index in [9.17, 15) is 4.79 Å². The molecule has 0 saturated carbocycles. The van der Waals surface area contributed by atoms with Gasteiger partial charge in [-0.2, -0.15) is 5.10 Å². The number of nitrogens with zero attached hydrogens (tertiary/aromatic N) is 3. The zero-order valence-electron chi connectivity index (χ0n) is 14.0. The number of carbonyl (C=O) groups is 1. The second-order valence-corrected chi connectivity index (χ2v) is 6.27. The molecule has 3 rings (SSSR count). The van der Waals surface area contributed by atoms with E-state index in [1.54, 1.807) is 35.3 Å². The Hall–Kier alpha value is -2.57. The topological polar surface area (TPSA) is 63.3 Å². The first kappa shape index (κ1) is 17.3. The minimum Gasteiger partial charge on any atom is -0.468 e. The smallest absolute Gasteiger partial charge is 0.271 e. The van der Waals surface area contributed by atoms with E-state index >= 15 is 0 Å². The van der Waals surface area contributed by atoms with Gasteiger partial charge in [-0.3, -0.25) is 9.69 Å². The fraction of sp³-hybridized carbons (Fsp3) is 0.222. The van der Waals surface area contributed by atoms with E-state index in [0.29, 0.717) is 17.3 Å². The summed E-state index contributed by atoms with van der Waals surface area (Å²) in [7, 11) is 3.88. The fourth-order valence-electron chi connectivity index (χ4n) is 2.51. The average molecular weight is 359 g/mol. The molecule has 0 aliphatic heterocycles. The van der Waals surface area contributed by atoms with Crippen molar-refractivity contribution in [1.29, 1.82) is 0 Å². The first-order chi connectivity index (χ1) is 12.0. The monoisotopic (exact) mass is 358 g/mol.